The highest BCUT2D eigenvalue weighted by Gasteiger charge is 2.62. The van der Waals surface area contributed by atoms with Gasteiger partial charge in [0, 0.05) is 0 Å². The van der Waals surface area contributed by atoms with Crippen LogP contribution >= 0.6 is 0 Å². The third kappa shape index (κ3) is 1.64. The first kappa shape index (κ1) is 9.92. The number of hydrogen-bond donors (Lipinski definition) is 0. The van der Waals surface area contributed by atoms with Crippen LogP contribution in [0.1, 0.15) is 19.3 Å². The van der Waals surface area contributed by atoms with Crippen LogP contribution in [-0.4, -0.2) is 27.4 Å². The van der Waals surface area contributed by atoms with Gasteiger partial charge in [-0.1, -0.05) is 0 Å². The van der Waals surface area contributed by atoms with Gasteiger partial charge in [0.15, 0.2) is 0 Å². The van der Waals surface area contributed by atoms with Crippen molar-refractivity contribution in [3.63, 3.8) is 0 Å². The maximum Gasteiger partial charge on any atom is 0.314 e. The van der Waals surface area contributed by atoms with Gasteiger partial charge in [-0.25, -0.2) is 4.18 Å². The van der Waals surface area contributed by atoms with E-state index < -0.39 is 16.9 Å². The van der Waals surface area contributed by atoms with E-state index in [9.17, 15) is 13.2 Å². The second-order valence-electron chi connectivity index (χ2n) is 4.13. The van der Waals surface area contributed by atoms with Gasteiger partial charge in [0.05, 0.1) is 11.7 Å². The third-order valence-corrected chi connectivity index (χ3v) is 3.45. The predicted molar refractivity (Wildman–Crippen MR) is 46.7 cm³/mol. The zero-order valence-corrected chi connectivity index (χ0v) is 8.67. The molecule has 0 amide bonds. The summed E-state index contributed by atoms with van der Waals surface area (Å²) in [7, 11) is -3.52. The standard InChI is InChI=1S/C8H12O5S/c1-14(10,11)13-5-12-7(9)8-2-6(3-8)4-8/h6H,2-5H2,1H3. The summed E-state index contributed by atoms with van der Waals surface area (Å²) >= 11 is 0. The Morgan fingerprint density at radius 2 is 2.00 bits per heavy atom. The molecule has 3 aliphatic rings. The molecule has 0 radical (unpaired) electrons. The molecule has 0 N–H and O–H groups in total. The van der Waals surface area contributed by atoms with Crippen molar-refractivity contribution < 1.29 is 22.1 Å². The summed E-state index contributed by atoms with van der Waals surface area (Å²) in [5.74, 6) is 0.377. The van der Waals surface area contributed by atoms with Gasteiger partial charge < -0.3 is 4.74 Å². The Labute approximate surface area is 82.5 Å². The first-order chi connectivity index (χ1) is 6.41. The molecule has 0 unspecified atom stereocenters. The smallest absolute Gasteiger partial charge is 0.314 e. The van der Waals surface area contributed by atoms with Crippen LogP contribution in [0, 0.1) is 11.3 Å². The van der Waals surface area contributed by atoms with E-state index in [-0.39, 0.29) is 11.4 Å². The molecular formula is C8H12O5S. The Kier molecular flexibility index (Phi) is 2.08. The molecule has 3 fully saturated rings. The van der Waals surface area contributed by atoms with Crippen molar-refractivity contribution in [3.05, 3.63) is 0 Å². The molecule has 3 aliphatic carbocycles. The second kappa shape index (κ2) is 2.93. The van der Waals surface area contributed by atoms with E-state index in [1.54, 1.807) is 0 Å². The third-order valence-electron chi connectivity index (χ3n) is 2.92. The van der Waals surface area contributed by atoms with Crippen molar-refractivity contribution in [2.24, 2.45) is 11.3 Å². The van der Waals surface area contributed by atoms with E-state index in [0.29, 0.717) is 5.92 Å². The summed E-state index contributed by atoms with van der Waals surface area (Å²) in [6, 6.07) is 0. The molecule has 0 atom stereocenters. The molecule has 0 aliphatic heterocycles. The average Bonchev–Trinajstić information content (AvgIpc) is 1.75. The summed E-state index contributed by atoms with van der Waals surface area (Å²) in [5.41, 5.74) is -0.286. The maximum atomic E-state index is 11.4. The van der Waals surface area contributed by atoms with Crippen LogP contribution in [0.4, 0.5) is 0 Å². The number of esters is 1. The van der Waals surface area contributed by atoms with Crippen LogP contribution < -0.4 is 0 Å². The number of carbonyl (C=O) groups excluding carboxylic acids is 1. The summed E-state index contributed by atoms with van der Waals surface area (Å²) in [4.78, 5) is 11.4. The molecule has 80 valence electrons. The van der Waals surface area contributed by atoms with Crippen LogP contribution in [0.5, 0.6) is 0 Å². The minimum atomic E-state index is -3.52. The molecule has 2 bridgehead atoms. The molecule has 0 spiro atoms. The van der Waals surface area contributed by atoms with Crippen molar-refractivity contribution in [1.29, 1.82) is 0 Å². The molecule has 5 nitrogen and oxygen atoms in total. The molecule has 0 aromatic heterocycles. The zero-order chi connectivity index (χ0) is 10.4. The van der Waals surface area contributed by atoms with Gasteiger partial charge >= 0.3 is 5.97 Å². The first-order valence-electron chi connectivity index (χ1n) is 4.43. The number of rotatable bonds is 4. The maximum absolute atomic E-state index is 11.4. The van der Waals surface area contributed by atoms with Crippen molar-refractivity contribution in [2.75, 3.05) is 13.0 Å². The Hall–Kier alpha value is -0.620. The molecule has 3 rings (SSSR count). The van der Waals surface area contributed by atoms with Crippen molar-refractivity contribution in [3.8, 4) is 0 Å². The monoisotopic (exact) mass is 220 g/mol. The lowest BCUT2D eigenvalue weighted by Crippen LogP contribution is -2.57. The minimum Gasteiger partial charge on any atom is -0.437 e. The lowest BCUT2D eigenvalue weighted by Gasteiger charge is -2.59. The zero-order valence-electron chi connectivity index (χ0n) is 7.86. The van der Waals surface area contributed by atoms with Gasteiger partial charge in [-0.05, 0) is 25.2 Å². The van der Waals surface area contributed by atoms with Gasteiger partial charge in [-0.3, -0.25) is 4.79 Å². The fourth-order valence-electron chi connectivity index (χ4n) is 2.05. The van der Waals surface area contributed by atoms with Crippen LogP contribution in [0.25, 0.3) is 0 Å². The Morgan fingerprint density at radius 3 is 2.36 bits per heavy atom. The predicted octanol–water partition coefficient (Wildman–Crippen LogP) is 0.263. The molecule has 0 saturated heterocycles. The summed E-state index contributed by atoms with van der Waals surface area (Å²) < 4.78 is 30.1. The first-order valence-corrected chi connectivity index (χ1v) is 6.25. The molecule has 3 saturated carbocycles. The molecular weight excluding hydrogens is 208 g/mol. The Morgan fingerprint density at radius 1 is 1.43 bits per heavy atom. The number of hydrogen-bond acceptors (Lipinski definition) is 5. The van der Waals surface area contributed by atoms with Crippen molar-refractivity contribution in [2.45, 2.75) is 19.3 Å². The molecule has 0 heterocycles. The van der Waals surface area contributed by atoms with Gasteiger partial charge in [0.2, 0.25) is 6.79 Å². The summed E-state index contributed by atoms with van der Waals surface area (Å²) in [5, 5.41) is 0. The summed E-state index contributed by atoms with van der Waals surface area (Å²) in [6.45, 7) is -0.496. The van der Waals surface area contributed by atoms with Crippen LogP contribution in [0.15, 0.2) is 0 Å². The molecule has 14 heavy (non-hydrogen) atoms. The van der Waals surface area contributed by atoms with Gasteiger partial charge in [0.1, 0.15) is 0 Å². The van der Waals surface area contributed by atoms with E-state index in [1.165, 1.54) is 0 Å². The molecule has 0 aromatic carbocycles. The van der Waals surface area contributed by atoms with Gasteiger partial charge in [-0.2, -0.15) is 8.42 Å². The minimum absolute atomic E-state index is 0.286. The molecule has 6 heteroatoms. The Balaban J connectivity index is 1.73. The fourth-order valence-corrected chi connectivity index (χ4v) is 2.27. The van der Waals surface area contributed by atoms with Crippen LogP contribution in [0.2, 0.25) is 0 Å². The highest BCUT2D eigenvalue weighted by atomic mass is 32.2. The lowest BCUT2D eigenvalue weighted by atomic mass is 9.44. The number of carbonyl (C=O) groups is 1. The topological polar surface area (TPSA) is 69.7 Å². The second-order valence-corrected chi connectivity index (χ2v) is 5.77. The average molecular weight is 220 g/mol. The molecule has 0 aromatic rings. The van der Waals surface area contributed by atoms with E-state index in [4.69, 9.17) is 4.74 Å². The SMILES string of the molecule is CS(=O)(=O)OCOC(=O)C12CC(C1)C2. The summed E-state index contributed by atoms with van der Waals surface area (Å²) in [6.07, 6.45) is 3.60. The fraction of sp³-hybridized carbons (Fsp3) is 0.875. The number of ether oxygens (including phenoxy) is 1. The lowest BCUT2D eigenvalue weighted by molar-refractivity contribution is -0.196. The normalized spacial score (nSPS) is 34.2. The largest absolute Gasteiger partial charge is 0.437 e. The van der Waals surface area contributed by atoms with E-state index >= 15 is 0 Å². The van der Waals surface area contributed by atoms with Gasteiger partial charge in [0.25, 0.3) is 10.1 Å². The van der Waals surface area contributed by atoms with Gasteiger partial charge in [-0.15, -0.1) is 0 Å². The highest BCUT2D eigenvalue weighted by molar-refractivity contribution is 7.85. The van der Waals surface area contributed by atoms with E-state index in [0.717, 1.165) is 25.5 Å². The highest BCUT2D eigenvalue weighted by Crippen LogP contribution is 2.64. The van der Waals surface area contributed by atoms with E-state index in [1.807, 2.05) is 0 Å². The van der Waals surface area contributed by atoms with E-state index in [2.05, 4.69) is 4.18 Å². The van der Waals surface area contributed by atoms with Crippen LogP contribution in [-0.2, 0) is 23.8 Å². The van der Waals surface area contributed by atoms with Crippen LogP contribution in [0.3, 0.4) is 0 Å². The van der Waals surface area contributed by atoms with Crippen molar-refractivity contribution >= 4 is 16.1 Å². The Bertz CT molecular complexity index is 341. The van der Waals surface area contributed by atoms with Crippen molar-refractivity contribution in [1.82, 2.24) is 0 Å². The quantitative estimate of drug-likeness (QED) is 0.386.